The lowest BCUT2D eigenvalue weighted by molar-refractivity contribution is 0.0522. The van der Waals surface area contributed by atoms with Crippen LogP contribution in [-0.2, 0) is 15.9 Å². The summed E-state index contributed by atoms with van der Waals surface area (Å²) in [6.07, 6.45) is 0.658. The quantitative estimate of drug-likeness (QED) is 0.770. The van der Waals surface area contributed by atoms with Gasteiger partial charge in [-0.25, -0.2) is 9.59 Å². The highest BCUT2D eigenvalue weighted by atomic mass is 16.5. The number of carbonyl (C=O) groups is 2. The molecule has 0 aromatic heterocycles. The van der Waals surface area contributed by atoms with Crippen molar-refractivity contribution in [3.8, 4) is 0 Å². The molecule has 0 amide bonds. The van der Waals surface area contributed by atoms with Crippen molar-refractivity contribution in [1.82, 2.24) is 0 Å². The molecule has 4 nitrogen and oxygen atoms in total. The van der Waals surface area contributed by atoms with Crippen LogP contribution in [0.5, 0.6) is 0 Å². The molecule has 0 unspecified atom stereocenters. The average Bonchev–Trinajstić information content (AvgIpc) is 2.37. The molecular weight excluding hydrogens is 232 g/mol. The second-order valence-corrected chi connectivity index (χ2v) is 3.83. The predicted octanol–water partition coefficient (Wildman–Crippen LogP) is 2.52. The molecule has 0 heterocycles. The van der Waals surface area contributed by atoms with Gasteiger partial charge in [0.2, 0.25) is 0 Å². The summed E-state index contributed by atoms with van der Waals surface area (Å²) in [6.45, 7) is 5.85. The maximum atomic E-state index is 11.8. The number of hydrogen-bond donors (Lipinski definition) is 0. The first-order chi connectivity index (χ1) is 8.56. The molecule has 0 N–H and O–H groups in total. The Balaban J connectivity index is 3.29. The molecule has 0 saturated heterocycles. The fraction of sp³-hybridized carbons (Fsp3) is 0.429. The first-order valence-corrected chi connectivity index (χ1v) is 5.94. The van der Waals surface area contributed by atoms with Crippen molar-refractivity contribution in [2.75, 3.05) is 13.7 Å². The van der Waals surface area contributed by atoms with Crippen LogP contribution in [0, 0.1) is 6.92 Å². The second kappa shape index (κ2) is 6.19. The molecule has 0 saturated carbocycles. The summed E-state index contributed by atoms with van der Waals surface area (Å²) in [5.41, 5.74) is 2.61. The van der Waals surface area contributed by atoms with Crippen LogP contribution >= 0.6 is 0 Å². The van der Waals surface area contributed by atoms with Crippen molar-refractivity contribution in [3.63, 3.8) is 0 Å². The number of methoxy groups -OCH3 is 1. The van der Waals surface area contributed by atoms with Gasteiger partial charge < -0.3 is 9.47 Å². The van der Waals surface area contributed by atoms with Gasteiger partial charge >= 0.3 is 11.9 Å². The zero-order valence-electron chi connectivity index (χ0n) is 11.2. The van der Waals surface area contributed by atoms with Gasteiger partial charge in [0.25, 0.3) is 0 Å². The molecule has 18 heavy (non-hydrogen) atoms. The van der Waals surface area contributed by atoms with Crippen molar-refractivity contribution in [1.29, 1.82) is 0 Å². The molecular formula is C14H18O4. The van der Waals surface area contributed by atoms with E-state index in [1.165, 1.54) is 7.11 Å². The molecule has 0 aliphatic rings. The minimum Gasteiger partial charge on any atom is -0.465 e. The van der Waals surface area contributed by atoms with Gasteiger partial charge in [0.1, 0.15) is 0 Å². The number of ether oxygens (including phenoxy) is 2. The van der Waals surface area contributed by atoms with Crippen molar-refractivity contribution in [2.45, 2.75) is 27.2 Å². The SMILES string of the molecule is CCOC(=O)c1ccc(C(=O)OC)c(C)c1CC. The van der Waals surface area contributed by atoms with Gasteiger partial charge in [-0.1, -0.05) is 6.92 Å². The fourth-order valence-electron chi connectivity index (χ4n) is 1.94. The molecule has 1 aromatic rings. The standard InChI is InChI=1S/C14H18O4/c1-5-10-9(3)11(13(15)17-4)7-8-12(10)14(16)18-6-2/h7-8H,5-6H2,1-4H3. The highest BCUT2D eigenvalue weighted by Crippen LogP contribution is 2.21. The van der Waals surface area contributed by atoms with E-state index in [1.807, 2.05) is 13.8 Å². The fourth-order valence-corrected chi connectivity index (χ4v) is 1.94. The molecule has 0 atom stereocenters. The molecule has 98 valence electrons. The first-order valence-electron chi connectivity index (χ1n) is 5.94. The number of rotatable bonds is 4. The highest BCUT2D eigenvalue weighted by Gasteiger charge is 2.18. The van der Waals surface area contributed by atoms with Crippen LogP contribution in [0.1, 0.15) is 45.7 Å². The lowest BCUT2D eigenvalue weighted by Crippen LogP contribution is -2.12. The normalized spacial score (nSPS) is 10.0. The summed E-state index contributed by atoms with van der Waals surface area (Å²) < 4.78 is 9.71. The summed E-state index contributed by atoms with van der Waals surface area (Å²) in [5.74, 6) is -0.744. The molecule has 0 spiro atoms. The van der Waals surface area contributed by atoms with E-state index >= 15 is 0 Å². The van der Waals surface area contributed by atoms with E-state index in [0.29, 0.717) is 24.2 Å². The Morgan fingerprint density at radius 3 is 2.22 bits per heavy atom. The minimum atomic E-state index is -0.391. The van der Waals surface area contributed by atoms with E-state index in [4.69, 9.17) is 9.47 Å². The van der Waals surface area contributed by atoms with Crippen LogP contribution in [0.3, 0.4) is 0 Å². The molecule has 4 heteroatoms. The van der Waals surface area contributed by atoms with Crippen LogP contribution in [0.15, 0.2) is 12.1 Å². The summed E-state index contributed by atoms with van der Waals surface area (Å²) in [7, 11) is 1.34. The average molecular weight is 250 g/mol. The Hall–Kier alpha value is -1.84. The molecule has 1 aromatic carbocycles. The van der Waals surface area contributed by atoms with Crippen LogP contribution in [0.25, 0.3) is 0 Å². The van der Waals surface area contributed by atoms with Gasteiger partial charge in [-0.05, 0) is 43.5 Å². The Labute approximate surface area is 107 Å². The van der Waals surface area contributed by atoms with Gasteiger partial charge in [0, 0.05) is 0 Å². The summed E-state index contributed by atoms with van der Waals surface area (Å²) >= 11 is 0. The molecule has 0 radical (unpaired) electrons. The lowest BCUT2D eigenvalue weighted by Gasteiger charge is -2.13. The van der Waals surface area contributed by atoms with E-state index in [1.54, 1.807) is 19.1 Å². The molecule has 0 fully saturated rings. The smallest absolute Gasteiger partial charge is 0.338 e. The number of carbonyl (C=O) groups excluding carboxylic acids is 2. The summed E-state index contributed by atoms with van der Waals surface area (Å²) in [4.78, 5) is 23.4. The lowest BCUT2D eigenvalue weighted by atomic mass is 9.95. The highest BCUT2D eigenvalue weighted by molar-refractivity contribution is 5.96. The largest absolute Gasteiger partial charge is 0.465 e. The first kappa shape index (κ1) is 14.2. The van der Waals surface area contributed by atoms with Gasteiger partial charge in [-0.3, -0.25) is 0 Å². The van der Waals surface area contributed by atoms with Gasteiger partial charge in [-0.2, -0.15) is 0 Å². The monoisotopic (exact) mass is 250 g/mol. The van der Waals surface area contributed by atoms with Crippen molar-refractivity contribution >= 4 is 11.9 Å². The van der Waals surface area contributed by atoms with Crippen molar-refractivity contribution in [3.05, 3.63) is 34.4 Å². The van der Waals surface area contributed by atoms with Crippen molar-refractivity contribution < 1.29 is 19.1 Å². The topological polar surface area (TPSA) is 52.6 Å². The third-order valence-corrected chi connectivity index (χ3v) is 2.85. The maximum Gasteiger partial charge on any atom is 0.338 e. The maximum absolute atomic E-state index is 11.8. The van der Waals surface area contributed by atoms with Crippen LogP contribution in [-0.4, -0.2) is 25.7 Å². The van der Waals surface area contributed by atoms with E-state index in [-0.39, 0.29) is 5.97 Å². The van der Waals surface area contributed by atoms with Crippen LogP contribution < -0.4 is 0 Å². The number of hydrogen-bond acceptors (Lipinski definition) is 4. The van der Waals surface area contributed by atoms with Crippen LogP contribution in [0.4, 0.5) is 0 Å². The van der Waals surface area contributed by atoms with E-state index in [9.17, 15) is 9.59 Å². The van der Waals surface area contributed by atoms with E-state index in [0.717, 1.165) is 11.1 Å². The van der Waals surface area contributed by atoms with E-state index < -0.39 is 5.97 Å². The molecule has 0 aliphatic carbocycles. The van der Waals surface area contributed by atoms with E-state index in [2.05, 4.69) is 0 Å². The summed E-state index contributed by atoms with van der Waals surface area (Å²) in [5, 5.41) is 0. The zero-order chi connectivity index (χ0) is 13.7. The molecule has 1 rings (SSSR count). The van der Waals surface area contributed by atoms with Gasteiger partial charge in [0.15, 0.2) is 0 Å². The molecule has 0 bridgehead atoms. The van der Waals surface area contributed by atoms with Crippen LogP contribution in [0.2, 0.25) is 0 Å². The zero-order valence-corrected chi connectivity index (χ0v) is 11.2. The third kappa shape index (κ3) is 2.70. The van der Waals surface area contributed by atoms with Crippen molar-refractivity contribution in [2.24, 2.45) is 0 Å². The Morgan fingerprint density at radius 2 is 1.72 bits per heavy atom. The van der Waals surface area contributed by atoms with Gasteiger partial charge in [-0.15, -0.1) is 0 Å². The Morgan fingerprint density at radius 1 is 1.11 bits per heavy atom. The third-order valence-electron chi connectivity index (χ3n) is 2.85. The minimum absolute atomic E-state index is 0.333. The Kier molecular flexibility index (Phi) is 4.89. The number of esters is 2. The molecule has 0 aliphatic heterocycles. The van der Waals surface area contributed by atoms with Gasteiger partial charge in [0.05, 0.1) is 24.8 Å². The number of benzene rings is 1. The summed E-state index contributed by atoms with van der Waals surface area (Å²) in [6, 6.07) is 3.22. The second-order valence-electron chi connectivity index (χ2n) is 3.83. The Bertz CT molecular complexity index is 463. The predicted molar refractivity (Wildman–Crippen MR) is 67.9 cm³/mol.